The van der Waals surface area contributed by atoms with Gasteiger partial charge in [0, 0.05) is 6.42 Å². The van der Waals surface area contributed by atoms with Crippen LogP contribution in [0.1, 0.15) is 11.1 Å². The van der Waals surface area contributed by atoms with E-state index in [2.05, 4.69) is 31.2 Å². The van der Waals surface area contributed by atoms with Crippen LogP contribution >= 0.6 is 0 Å². The topological polar surface area (TPSA) is 49.9 Å². The fraction of sp³-hybridized carbons (Fsp3) is 0.133. The van der Waals surface area contributed by atoms with E-state index in [1.807, 2.05) is 24.3 Å². The number of hydrogen-bond acceptors (Lipinski definition) is 1. The second-order valence-electron chi connectivity index (χ2n) is 4.22. The molecule has 0 amide bonds. The van der Waals surface area contributed by atoms with Crippen molar-refractivity contribution < 1.29 is 0 Å². The third-order valence-electron chi connectivity index (χ3n) is 2.78. The Balaban J connectivity index is 2.40. The highest BCUT2D eigenvalue weighted by molar-refractivity contribution is 5.80. The summed E-state index contributed by atoms with van der Waals surface area (Å²) in [6.07, 6.45) is 0.514. The summed E-state index contributed by atoms with van der Waals surface area (Å²) < 4.78 is 0. The molecule has 17 heavy (non-hydrogen) atoms. The molecule has 0 aliphatic rings. The summed E-state index contributed by atoms with van der Waals surface area (Å²) in [5.74, 6) is 0.201. The Hall–Kier alpha value is -2.09. The number of nitrogens with two attached hydrogens (primary N) is 1. The van der Waals surface area contributed by atoms with Gasteiger partial charge < -0.3 is 5.73 Å². The van der Waals surface area contributed by atoms with Crippen LogP contribution in [0, 0.1) is 12.3 Å². The van der Waals surface area contributed by atoms with Crippen LogP contribution in [0.3, 0.4) is 0 Å². The number of benzene rings is 2. The summed E-state index contributed by atoms with van der Waals surface area (Å²) in [6.45, 7) is 2.10. The molecule has 0 aliphatic carbocycles. The van der Waals surface area contributed by atoms with Crippen LogP contribution in [0.5, 0.6) is 0 Å². The van der Waals surface area contributed by atoms with Crippen molar-refractivity contribution in [3.05, 3.63) is 59.7 Å². The van der Waals surface area contributed by atoms with Gasteiger partial charge in [0.2, 0.25) is 0 Å². The largest absolute Gasteiger partial charge is 0.387 e. The second kappa shape index (κ2) is 4.83. The third kappa shape index (κ3) is 2.72. The van der Waals surface area contributed by atoms with Gasteiger partial charge in [-0.2, -0.15) is 0 Å². The first-order valence-corrected chi connectivity index (χ1v) is 5.64. The lowest BCUT2D eigenvalue weighted by atomic mass is 9.98. The molecule has 0 fully saturated rings. The zero-order valence-electron chi connectivity index (χ0n) is 9.90. The molecule has 2 aromatic rings. The Bertz CT molecular complexity index is 544. The van der Waals surface area contributed by atoms with Crippen LogP contribution in [0.15, 0.2) is 48.5 Å². The van der Waals surface area contributed by atoms with Crippen LogP contribution in [0.25, 0.3) is 11.1 Å². The van der Waals surface area contributed by atoms with Crippen molar-refractivity contribution in [1.82, 2.24) is 0 Å². The summed E-state index contributed by atoms with van der Waals surface area (Å²) in [6, 6.07) is 16.5. The predicted molar refractivity (Wildman–Crippen MR) is 72.2 cm³/mol. The van der Waals surface area contributed by atoms with Gasteiger partial charge in [-0.3, -0.25) is 5.41 Å². The minimum atomic E-state index is 0.201. The molecule has 2 nitrogen and oxygen atoms in total. The van der Waals surface area contributed by atoms with Crippen LogP contribution in [0.2, 0.25) is 0 Å². The van der Waals surface area contributed by atoms with Crippen molar-refractivity contribution in [2.75, 3.05) is 0 Å². The highest BCUT2D eigenvalue weighted by atomic mass is 14.7. The molecule has 0 unspecified atom stereocenters. The van der Waals surface area contributed by atoms with Crippen LogP contribution < -0.4 is 5.73 Å². The molecule has 0 heterocycles. The van der Waals surface area contributed by atoms with Crippen molar-refractivity contribution in [3.8, 4) is 11.1 Å². The average Bonchev–Trinajstić information content (AvgIpc) is 2.29. The Morgan fingerprint density at radius 3 is 2.59 bits per heavy atom. The van der Waals surface area contributed by atoms with E-state index in [9.17, 15) is 0 Å². The van der Waals surface area contributed by atoms with Gasteiger partial charge in [-0.05, 0) is 29.2 Å². The molecule has 0 saturated carbocycles. The van der Waals surface area contributed by atoms with Crippen molar-refractivity contribution in [2.24, 2.45) is 5.73 Å². The molecule has 0 spiro atoms. The standard InChI is InChI=1S/C15H16N2/c1-11-5-2-3-8-14(11)13-7-4-6-12(9-13)10-15(16)17/h2-9H,10H2,1H3,(H3,16,17). The van der Waals surface area contributed by atoms with E-state index in [4.69, 9.17) is 11.1 Å². The van der Waals surface area contributed by atoms with E-state index in [0.29, 0.717) is 6.42 Å². The summed E-state index contributed by atoms with van der Waals surface area (Å²) >= 11 is 0. The van der Waals surface area contributed by atoms with E-state index in [-0.39, 0.29) is 5.84 Å². The number of amidine groups is 1. The monoisotopic (exact) mass is 224 g/mol. The van der Waals surface area contributed by atoms with Gasteiger partial charge in [0.05, 0.1) is 5.84 Å². The number of hydrogen-bond donors (Lipinski definition) is 2. The van der Waals surface area contributed by atoms with Gasteiger partial charge in [-0.25, -0.2) is 0 Å². The number of rotatable bonds is 3. The van der Waals surface area contributed by atoms with Gasteiger partial charge in [0.15, 0.2) is 0 Å². The summed E-state index contributed by atoms with van der Waals surface area (Å²) in [7, 11) is 0. The molecule has 2 heteroatoms. The highest BCUT2D eigenvalue weighted by Gasteiger charge is 2.02. The van der Waals surface area contributed by atoms with E-state index < -0.39 is 0 Å². The summed E-state index contributed by atoms with van der Waals surface area (Å²) in [5, 5.41) is 7.33. The predicted octanol–water partition coefficient (Wildman–Crippen LogP) is 3.14. The third-order valence-corrected chi connectivity index (χ3v) is 2.78. The second-order valence-corrected chi connectivity index (χ2v) is 4.22. The molecule has 0 aromatic heterocycles. The summed E-state index contributed by atoms with van der Waals surface area (Å²) in [4.78, 5) is 0. The van der Waals surface area contributed by atoms with Gasteiger partial charge in [-0.15, -0.1) is 0 Å². The molecule has 0 aliphatic heterocycles. The minimum absolute atomic E-state index is 0.201. The first-order chi connectivity index (χ1) is 8.16. The lowest BCUT2D eigenvalue weighted by molar-refractivity contribution is 1.25. The van der Waals surface area contributed by atoms with Crippen molar-refractivity contribution >= 4 is 5.84 Å². The smallest absolute Gasteiger partial charge is 0.0950 e. The fourth-order valence-electron chi connectivity index (χ4n) is 1.97. The Kier molecular flexibility index (Phi) is 3.24. The Morgan fingerprint density at radius 1 is 1.12 bits per heavy atom. The lowest BCUT2D eigenvalue weighted by Crippen LogP contribution is -2.12. The van der Waals surface area contributed by atoms with E-state index in [1.165, 1.54) is 16.7 Å². The average molecular weight is 224 g/mol. The highest BCUT2D eigenvalue weighted by Crippen LogP contribution is 2.23. The molecule has 2 rings (SSSR count). The minimum Gasteiger partial charge on any atom is -0.387 e. The molecule has 86 valence electrons. The maximum absolute atomic E-state index is 7.33. The molecule has 2 aromatic carbocycles. The molecule has 0 radical (unpaired) electrons. The van der Waals surface area contributed by atoms with Crippen LogP contribution in [0.4, 0.5) is 0 Å². The van der Waals surface area contributed by atoms with Gasteiger partial charge in [0.25, 0.3) is 0 Å². The first-order valence-electron chi connectivity index (χ1n) is 5.64. The lowest BCUT2D eigenvalue weighted by Gasteiger charge is -2.07. The first kappa shape index (κ1) is 11.4. The van der Waals surface area contributed by atoms with E-state index >= 15 is 0 Å². The molecule has 0 saturated heterocycles. The van der Waals surface area contributed by atoms with Gasteiger partial charge in [0.1, 0.15) is 0 Å². The van der Waals surface area contributed by atoms with Crippen molar-refractivity contribution in [1.29, 1.82) is 5.41 Å². The SMILES string of the molecule is Cc1ccccc1-c1cccc(CC(=N)N)c1. The van der Waals surface area contributed by atoms with Crippen LogP contribution in [-0.4, -0.2) is 5.84 Å². The Labute approximate surface area is 102 Å². The van der Waals surface area contributed by atoms with Crippen molar-refractivity contribution in [2.45, 2.75) is 13.3 Å². The fourth-order valence-corrected chi connectivity index (χ4v) is 1.97. The number of aryl methyl sites for hydroxylation is 1. The molecular formula is C15H16N2. The number of nitrogens with one attached hydrogen (secondary N) is 1. The van der Waals surface area contributed by atoms with E-state index in [1.54, 1.807) is 0 Å². The van der Waals surface area contributed by atoms with E-state index in [0.717, 1.165) is 5.56 Å². The molecule has 0 bridgehead atoms. The normalized spacial score (nSPS) is 10.2. The van der Waals surface area contributed by atoms with Crippen LogP contribution in [-0.2, 0) is 6.42 Å². The maximum Gasteiger partial charge on any atom is 0.0950 e. The van der Waals surface area contributed by atoms with Crippen molar-refractivity contribution in [3.63, 3.8) is 0 Å². The quantitative estimate of drug-likeness (QED) is 0.610. The zero-order chi connectivity index (χ0) is 12.3. The zero-order valence-corrected chi connectivity index (χ0v) is 9.90. The van der Waals surface area contributed by atoms with Gasteiger partial charge >= 0.3 is 0 Å². The molecule has 0 atom stereocenters. The molecular weight excluding hydrogens is 208 g/mol. The van der Waals surface area contributed by atoms with Gasteiger partial charge in [-0.1, -0.05) is 48.5 Å². The maximum atomic E-state index is 7.33. The molecule has 3 N–H and O–H groups in total. The Morgan fingerprint density at radius 2 is 1.88 bits per heavy atom. The summed E-state index contributed by atoms with van der Waals surface area (Å²) in [5.41, 5.74) is 10.2.